The summed E-state index contributed by atoms with van der Waals surface area (Å²) in [6, 6.07) is 15.9. The predicted molar refractivity (Wildman–Crippen MR) is 133 cm³/mol. The number of hydrogen-bond acceptors (Lipinski definition) is 5. The van der Waals surface area contributed by atoms with Gasteiger partial charge in [0, 0.05) is 15.7 Å². The molecule has 6 nitrogen and oxygen atoms in total. The number of hydrogen-bond donors (Lipinski definition) is 1. The number of halogens is 3. The average Bonchev–Trinajstić information content (AvgIpc) is 3.01. The number of nitrogens with zero attached hydrogens (tertiary/aromatic N) is 1. The maximum absolute atomic E-state index is 12.9. The van der Waals surface area contributed by atoms with E-state index in [0.29, 0.717) is 32.7 Å². The Balaban J connectivity index is 1.49. The number of rotatable bonds is 5. The van der Waals surface area contributed by atoms with E-state index in [1.807, 2.05) is 13.8 Å². The van der Waals surface area contributed by atoms with E-state index in [1.165, 1.54) is 18.2 Å². The molecule has 0 fully saturated rings. The number of benzene rings is 3. The fourth-order valence-corrected chi connectivity index (χ4v) is 3.93. The zero-order valence-electron chi connectivity index (χ0n) is 18.0. The van der Waals surface area contributed by atoms with Crippen molar-refractivity contribution in [3.8, 4) is 5.75 Å². The highest BCUT2D eigenvalue weighted by atomic mass is 35.5. The number of carbonyl (C=O) groups excluding carboxylic acids is 3. The van der Waals surface area contributed by atoms with Crippen LogP contribution in [0, 0.1) is 13.8 Å². The van der Waals surface area contributed by atoms with E-state index in [9.17, 15) is 14.4 Å². The standard InChI is InChI=1S/C25H17Cl3N2O4/c1-13-10-19(11-14(2)20(13)27)34-25(33)15-6-8-17(9-7-15)29-22-21(28)23(31)30(24(22)32)18-5-3-4-16(26)12-18/h3-12,29H,1-2H3. The monoisotopic (exact) mass is 514 g/mol. The summed E-state index contributed by atoms with van der Waals surface area (Å²) >= 11 is 18.3. The zero-order chi connectivity index (χ0) is 24.6. The molecule has 0 atom stereocenters. The van der Waals surface area contributed by atoms with Crippen LogP contribution in [0.4, 0.5) is 11.4 Å². The smallest absolute Gasteiger partial charge is 0.343 e. The highest BCUT2D eigenvalue weighted by molar-refractivity contribution is 6.53. The Hall–Kier alpha value is -3.32. The van der Waals surface area contributed by atoms with E-state index in [4.69, 9.17) is 39.5 Å². The van der Waals surface area contributed by atoms with Gasteiger partial charge in [0.15, 0.2) is 0 Å². The molecule has 2 amide bonds. The van der Waals surface area contributed by atoms with Gasteiger partial charge >= 0.3 is 5.97 Å². The van der Waals surface area contributed by atoms with Gasteiger partial charge in [0.05, 0.1) is 11.3 Å². The van der Waals surface area contributed by atoms with E-state index in [0.717, 1.165) is 16.0 Å². The van der Waals surface area contributed by atoms with Crippen LogP contribution in [0.15, 0.2) is 71.4 Å². The molecular weight excluding hydrogens is 499 g/mol. The van der Waals surface area contributed by atoms with E-state index in [1.54, 1.807) is 42.5 Å². The summed E-state index contributed by atoms with van der Waals surface area (Å²) in [6.45, 7) is 3.66. The van der Waals surface area contributed by atoms with Crippen molar-refractivity contribution < 1.29 is 19.1 Å². The van der Waals surface area contributed by atoms with Gasteiger partial charge in [0.2, 0.25) is 0 Å². The van der Waals surface area contributed by atoms with Crippen LogP contribution < -0.4 is 15.0 Å². The Labute approximate surface area is 210 Å². The van der Waals surface area contributed by atoms with E-state index >= 15 is 0 Å². The van der Waals surface area contributed by atoms with Crippen LogP contribution in [0.2, 0.25) is 10.0 Å². The average molecular weight is 516 g/mol. The summed E-state index contributed by atoms with van der Waals surface area (Å²) in [6.07, 6.45) is 0. The maximum atomic E-state index is 12.9. The first kappa shape index (κ1) is 23.8. The van der Waals surface area contributed by atoms with Gasteiger partial charge in [0.1, 0.15) is 16.5 Å². The van der Waals surface area contributed by atoms with Crippen LogP contribution in [0.5, 0.6) is 5.75 Å². The van der Waals surface area contributed by atoms with Crippen molar-refractivity contribution in [2.24, 2.45) is 0 Å². The molecule has 0 aliphatic carbocycles. The molecule has 1 heterocycles. The van der Waals surface area contributed by atoms with Crippen LogP contribution in [-0.2, 0) is 9.59 Å². The molecule has 0 unspecified atom stereocenters. The first-order chi connectivity index (χ1) is 16.2. The lowest BCUT2D eigenvalue weighted by Gasteiger charge is -2.15. The molecule has 1 aliphatic heterocycles. The van der Waals surface area contributed by atoms with E-state index in [-0.39, 0.29) is 10.7 Å². The number of imide groups is 1. The summed E-state index contributed by atoms with van der Waals surface area (Å²) in [5, 5.41) is 3.61. The summed E-state index contributed by atoms with van der Waals surface area (Å²) in [4.78, 5) is 38.9. The molecule has 172 valence electrons. The largest absolute Gasteiger partial charge is 0.423 e. The molecular formula is C25H17Cl3N2O4. The van der Waals surface area contributed by atoms with Gasteiger partial charge in [-0.25, -0.2) is 9.69 Å². The lowest BCUT2D eigenvalue weighted by Crippen LogP contribution is -2.32. The first-order valence-electron chi connectivity index (χ1n) is 10.1. The molecule has 3 aromatic carbocycles. The molecule has 9 heteroatoms. The van der Waals surface area contributed by atoms with Gasteiger partial charge in [-0.1, -0.05) is 40.9 Å². The van der Waals surface area contributed by atoms with Crippen molar-refractivity contribution >= 4 is 64.0 Å². The number of amides is 2. The van der Waals surface area contributed by atoms with Gasteiger partial charge in [-0.15, -0.1) is 0 Å². The molecule has 1 aliphatic rings. The van der Waals surface area contributed by atoms with Crippen LogP contribution >= 0.6 is 34.8 Å². The Kier molecular flexibility index (Phi) is 6.66. The molecule has 3 aromatic rings. The van der Waals surface area contributed by atoms with Crippen LogP contribution in [0.3, 0.4) is 0 Å². The van der Waals surface area contributed by atoms with Gasteiger partial charge in [0.25, 0.3) is 11.8 Å². The summed E-state index contributed by atoms with van der Waals surface area (Å²) in [7, 11) is 0. The van der Waals surface area contributed by atoms with Gasteiger partial charge < -0.3 is 10.1 Å². The minimum atomic E-state index is -0.662. The van der Waals surface area contributed by atoms with Crippen molar-refractivity contribution in [3.05, 3.63) is 98.1 Å². The molecule has 0 bridgehead atoms. The first-order valence-corrected chi connectivity index (χ1v) is 11.2. The maximum Gasteiger partial charge on any atom is 0.343 e. The highest BCUT2D eigenvalue weighted by Crippen LogP contribution is 2.31. The second-order valence-corrected chi connectivity index (χ2v) is 8.77. The second kappa shape index (κ2) is 9.50. The molecule has 1 N–H and O–H groups in total. The minimum absolute atomic E-state index is 0.0749. The quantitative estimate of drug-likeness (QED) is 0.246. The normalized spacial score (nSPS) is 13.5. The molecule has 0 saturated heterocycles. The topological polar surface area (TPSA) is 75.7 Å². The molecule has 0 aromatic heterocycles. The third-order valence-corrected chi connectivity index (χ3v) is 6.29. The Bertz CT molecular complexity index is 1340. The minimum Gasteiger partial charge on any atom is -0.423 e. The summed E-state index contributed by atoms with van der Waals surface area (Å²) in [5.74, 6) is -1.44. The van der Waals surface area contributed by atoms with Gasteiger partial charge in [-0.3, -0.25) is 9.59 Å². The van der Waals surface area contributed by atoms with Crippen molar-refractivity contribution in [2.45, 2.75) is 13.8 Å². The number of nitrogens with one attached hydrogen (secondary N) is 1. The fourth-order valence-electron chi connectivity index (χ4n) is 3.43. The molecule has 34 heavy (non-hydrogen) atoms. The van der Waals surface area contributed by atoms with E-state index in [2.05, 4.69) is 5.32 Å². The van der Waals surface area contributed by atoms with Gasteiger partial charge in [-0.05, 0) is 79.6 Å². The summed E-state index contributed by atoms with van der Waals surface area (Å²) < 4.78 is 5.45. The highest BCUT2D eigenvalue weighted by Gasteiger charge is 2.39. The molecule has 0 spiro atoms. The van der Waals surface area contributed by atoms with Crippen molar-refractivity contribution in [3.63, 3.8) is 0 Å². The number of carbonyl (C=O) groups is 3. The van der Waals surface area contributed by atoms with Crippen molar-refractivity contribution in [1.82, 2.24) is 0 Å². The number of anilines is 2. The van der Waals surface area contributed by atoms with E-state index < -0.39 is 17.8 Å². The fraction of sp³-hybridized carbons (Fsp3) is 0.0800. The third-order valence-electron chi connectivity index (χ3n) is 5.10. The van der Waals surface area contributed by atoms with Crippen LogP contribution in [0.25, 0.3) is 0 Å². The lowest BCUT2D eigenvalue weighted by molar-refractivity contribution is -0.120. The Morgan fingerprint density at radius 2 is 1.53 bits per heavy atom. The van der Waals surface area contributed by atoms with Crippen LogP contribution in [-0.4, -0.2) is 17.8 Å². The number of esters is 1. The Morgan fingerprint density at radius 3 is 2.15 bits per heavy atom. The summed E-state index contributed by atoms with van der Waals surface area (Å²) in [5.41, 5.74) is 2.59. The van der Waals surface area contributed by atoms with Crippen molar-refractivity contribution in [2.75, 3.05) is 10.2 Å². The SMILES string of the molecule is Cc1cc(OC(=O)c2ccc(NC3=C(Cl)C(=O)N(c4cccc(Cl)c4)C3=O)cc2)cc(C)c1Cl. The lowest BCUT2D eigenvalue weighted by atomic mass is 10.1. The predicted octanol–water partition coefficient (Wildman–Crippen LogP) is 6.27. The number of aryl methyl sites for hydroxylation is 2. The third kappa shape index (κ3) is 4.66. The van der Waals surface area contributed by atoms with Crippen molar-refractivity contribution in [1.29, 1.82) is 0 Å². The molecule has 0 radical (unpaired) electrons. The Morgan fingerprint density at radius 1 is 0.882 bits per heavy atom. The van der Waals surface area contributed by atoms with Gasteiger partial charge in [-0.2, -0.15) is 0 Å². The molecule has 4 rings (SSSR count). The zero-order valence-corrected chi connectivity index (χ0v) is 20.3. The van der Waals surface area contributed by atoms with Crippen LogP contribution in [0.1, 0.15) is 21.5 Å². The number of ether oxygens (including phenoxy) is 1. The second-order valence-electron chi connectivity index (χ2n) is 7.58. The molecule has 0 saturated carbocycles.